The van der Waals surface area contributed by atoms with Crippen molar-refractivity contribution in [2.75, 3.05) is 4.90 Å². The number of rotatable bonds is 0. The molecule has 0 amide bonds. The molecule has 2 nitrogen and oxygen atoms in total. The van der Waals surface area contributed by atoms with Gasteiger partial charge in [-0.15, -0.1) is 8.58 Å². The van der Waals surface area contributed by atoms with Crippen LogP contribution >= 0.6 is 8.58 Å². The van der Waals surface area contributed by atoms with Gasteiger partial charge in [-0.2, -0.15) is 0 Å². The summed E-state index contributed by atoms with van der Waals surface area (Å²) in [5, 5.41) is 0. The molecule has 0 radical (unpaired) electrons. The summed E-state index contributed by atoms with van der Waals surface area (Å²) >= 11 is 0. The summed E-state index contributed by atoms with van der Waals surface area (Å²) in [6.07, 6.45) is 4.32. The fourth-order valence-electron chi connectivity index (χ4n) is 4.68. The van der Waals surface area contributed by atoms with Gasteiger partial charge in [0.2, 0.25) is 0 Å². The van der Waals surface area contributed by atoms with Crippen molar-refractivity contribution < 1.29 is 0 Å². The predicted molar refractivity (Wildman–Crippen MR) is 98.1 cm³/mol. The van der Waals surface area contributed by atoms with Crippen LogP contribution in [0, 0.1) is 11.8 Å². The molecule has 1 aromatic heterocycles. The third-order valence-corrected chi connectivity index (χ3v) is 7.92. The molecule has 0 saturated carbocycles. The van der Waals surface area contributed by atoms with E-state index in [1.807, 2.05) is 6.20 Å². The van der Waals surface area contributed by atoms with E-state index in [1.54, 1.807) is 5.56 Å². The van der Waals surface area contributed by atoms with Crippen LogP contribution in [-0.4, -0.2) is 16.7 Å². The molecule has 1 fully saturated rings. The third kappa shape index (κ3) is 2.01. The summed E-state index contributed by atoms with van der Waals surface area (Å²) in [6.45, 7) is 4.93. The van der Waals surface area contributed by atoms with Gasteiger partial charge in [0.15, 0.2) is 0 Å². The van der Waals surface area contributed by atoms with Crippen LogP contribution in [0.15, 0.2) is 42.6 Å². The number of hydrogen-bond acceptors (Lipinski definition) is 2. The third-order valence-electron chi connectivity index (χ3n) is 6.22. The van der Waals surface area contributed by atoms with Crippen LogP contribution in [0.1, 0.15) is 37.2 Å². The van der Waals surface area contributed by atoms with Gasteiger partial charge in [-0.25, -0.2) is 0 Å². The number of fused-ring (bicyclic) bond motifs is 8. The molecule has 0 bridgehead atoms. The molecule has 1 saturated heterocycles. The number of benzene rings is 1. The van der Waals surface area contributed by atoms with Gasteiger partial charge in [-0.3, -0.25) is 4.98 Å². The first-order chi connectivity index (χ1) is 11.3. The van der Waals surface area contributed by atoms with Crippen molar-refractivity contribution in [3.05, 3.63) is 53.9 Å². The first-order valence-corrected chi connectivity index (χ1v) is 9.99. The number of nitrogens with zero attached hydrogens (tertiary/aromatic N) is 2. The number of aryl methyl sites for hydroxylation is 1. The van der Waals surface area contributed by atoms with E-state index < -0.39 is 0 Å². The van der Waals surface area contributed by atoms with Crippen molar-refractivity contribution in [2.24, 2.45) is 11.8 Å². The average molecular weight is 322 g/mol. The van der Waals surface area contributed by atoms with Crippen molar-refractivity contribution in [3.8, 4) is 0 Å². The smallest absolute Gasteiger partial charge is 0.0640 e. The average Bonchev–Trinajstić information content (AvgIpc) is 3.38. The van der Waals surface area contributed by atoms with E-state index in [1.165, 1.54) is 23.5 Å². The zero-order chi connectivity index (χ0) is 15.6. The second-order valence-electron chi connectivity index (χ2n) is 7.43. The minimum Gasteiger partial charge on any atom is -0.336 e. The number of anilines is 2. The molecule has 0 spiro atoms. The van der Waals surface area contributed by atoms with Gasteiger partial charge in [0.05, 0.1) is 11.4 Å². The molecular weight excluding hydrogens is 299 g/mol. The molecule has 23 heavy (non-hydrogen) atoms. The number of para-hydroxylation sites is 1. The largest absolute Gasteiger partial charge is 0.336 e. The highest BCUT2D eigenvalue weighted by Crippen LogP contribution is 2.70. The highest BCUT2D eigenvalue weighted by atomic mass is 31.1. The van der Waals surface area contributed by atoms with Gasteiger partial charge in [-0.05, 0) is 48.4 Å². The number of pyridine rings is 1. The van der Waals surface area contributed by atoms with E-state index in [-0.39, 0.29) is 0 Å². The molecule has 1 aromatic carbocycles. The monoisotopic (exact) mass is 322 g/mol. The van der Waals surface area contributed by atoms with Crippen molar-refractivity contribution in [1.82, 2.24) is 4.98 Å². The fraction of sp³-hybridized carbons (Fsp3) is 0.450. The highest BCUT2D eigenvalue weighted by Gasteiger charge is 2.54. The fourth-order valence-corrected chi connectivity index (χ4v) is 6.43. The van der Waals surface area contributed by atoms with Crippen LogP contribution in [-0.2, 0) is 6.42 Å². The summed E-state index contributed by atoms with van der Waals surface area (Å²) < 4.78 is 0. The Morgan fingerprint density at radius 3 is 2.83 bits per heavy atom. The van der Waals surface area contributed by atoms with Crippen LogP contribution < -0.4 is 4.90 Å². The lowest BCUT2D eigenvalue weighted by molar-refractivity contribution is 0.297. The normalized spacial score (nSPS) is 35.4. The SMILES string of the molecule is CC1CCc2ncccc2N2c3ccccc3C3PC3C2C1C. The minimum absolute atomic E-state index is 0.645. The van der Waals surface area contributed by atoms with Crippen LogP contribution in [0.2, 0.25) is 0 Å². The summed E-state index contributed by atoms with van der Waals surface area (Å²) in [5.74, 6) is 1.49. The van der Waals surface area contributed by atoms with Gasteiger partial charge in [0.25, 0.3) is 0 Å². The molecule has 3 aliphatic heterocycles. The maximum absolute atomic E-state index is 4.74. The second kappa shape index (κ2) is 5.05. The molecule has 118 valence electrons. The molecule has 6 unspecified atom stereocenters. The molecule has 3 heteroatoms. The van der Waals surface area contributed by atoms with Crippen molar-refractivity contribution in [3.63, 3.8) is 0 Å². The van der Waals surface area contributed by atoms with Gasteiger partial charge >= 0.3 is 0 Å². The quantitative estimate of drug-likeness (QED) is 0.640. The summed E-state index contributed by atoms with van der Waals surface area (Å²) in [7, 11) is 1.10. The Morgan fingerprint density at radius 1 is 1.09 bits per heavy atom. The Balaban J connectivity index is 1.75. The van der Waals surface area contributed by atoms with Crippen molar-refractivity contribution >= 4 is 20.0 Å². The number of aromatic nitrogens is 1. The van der Waals surface area contributed by atoms with E-state index in [0.29, 0.717) is 6.04 Å². The molecule has 3 aliphatic rings. The van der Waals surface area contributed by atoms with E-state index in [9.17, 15) is 0 Å². The lowest BCUT2D eigenvalue weighted by Gasteiger charge is -2.45. The zero-order valence-electron chi connectivity index (χ0n) is 13.7. The van der Waals surface area contributed by atoms with Crippen molar-refractivity contribution in [2.45, 2.75) is 44.0 Å². The first-order valence-electron chi connectivity index (χ1n) is 8.84. The van der Waals surface area contributed by atoms with Gasteiger partial charge in [0.1, 0.15) is 0 Å². The van der Waals surface area contributed by atoms with E-state index in [0.717, 1.165) is 38.2 Å². The number of hydrogen-bond donors (Lipinski definition) is 0. The Bertz CT molecular complexity index is 759. The van der Waals surface area contributed by atoms with Crippen LogP contribution in [0.5, 0.6) is 0 Å². The second-order valence-corrected chi connectivity index (χ2v) is 9.06. The van der Waals surface area contributed by atoms with E-state index in [2.05, 4.69) is 55.1 Å². The lowest BCUT2D eigenvalue weighted by Crippen LogP contribution is -2.46. The first kappa shape index (κ1) is 14.0. The maximum atomic E-state index is 4.74. The topological polar surface area (TPSA) is 16.1 Å². The van der Waals surface area contributed by atoms with Gasteiger partial charge < -0.3 is 4.90 Å². The Kier molecular flexibility index (Phi) is 3.07. The standard InChI is InChI=1S/C20H23N2P/c1-12-9-10-15-17(8-5-11-21-15)22-16-7-4-3-6-14(16)19-20(23-19)18(22)13(12)2/h3-8,11-13,18-20,23H,9-10H2,1-2H3. The molecule has 2 aromatic rings. The van der Waals surface area contributed by atoms with Crippen LogP contribution in [0.4, 0.5) is 11.4 Å². The highest BCUT2D eigenvalue weighted by molar-refractivity contribution is 7.48. The molecule has 4 heterocycles. The zero-order valence-corrected chi connectivity index (χ0v) is 14.7. The molecule has 0 aliphatic carbocycles. The summed E-state index contributed by atoms with van der Waals surface area (Å²) in [6, 6.07) is 14.1. The predicted octanol–water partition coefficient (Wildman–Crippen LogP) is 4.92. The van der Waals surface area contributed by atoms with Crippen LogP contribution in [0.3, 0.4) is 0 Å². The Labute approximate surface area is 140 Å². The van der Waals surface area contributed by atoms with Crippen LogP contribution in [0.25, 0.3) is 0 Å². The Hall–Kier alpha value is -1.40. The van der Waals surface area contributed by atoms with Crippen molar-refractivity contribution in [1.29, 1.82) is 0 Å². The molecular formula is C20H23N2P. The maximum Gasteiger partial charge on any atom is 0.0640 e. The minimum atomic E-state index is 0.645. The van der Waals surface area contributed by atoms with E-state index >= 15 is 0 Å². The Morgan fingerprint density at radius 2 is 1.91 bits per heavy atom. The van der Waals surface area contributed by atoms with Gasteiger partial charge in [0, 0.05) is 29.2 Å². The molecule has 6 atom stereocenters. The molecule has 5 rings (SSSR count). The summed E-state index contributed by atoms with van der Waals surface area (Å²) in [4.78, 5) is 7.41. The lowest BCUT2D eigenvalue weighted by atomic mass is 9.78. The molecule has 0 N–H and O–H groups in total. The summed E-state index contributed by atoms with van der Waals surface area (Å²) in [5.41, 5.74) is 7.34. The van der Waals surface area contributed by atoms with Gasteiger partial charge in [-0.1, -0.05) is 32.0 Å². The van der Waals surface area contributed by atoms with E-state index in [4.69, 9.17) is 4.98 Å².